The summed E-state index contributed by atoms with van der Waals surface area (Å²) < 4.78 is 7.10. The Balaban J connectivity index is 2.31. The molecule has 0 spiro atoms. The van der Waals surface area contributed by atoms with Crippen LogP contribution in [0.4, 0.5) is 0 Å². The van der Waals surface area contributed by atoms with Crippen molar-refractivity contribution in [3.63, 3.8) is 0 Å². The van der Waals surface area contributed by atoms with E-state index in [1.165, 1.54) is 0 Å². The van der Waals surface area contributed by atoms with Crippen LogP contribution in [0.15, 0.2) is 49.3 Å². The minimum absolute atomic E-state index is 0.720. The predicted molar refractivity (Wildman–Crippen MR) is 75.6 cm³/mol. The fourth-order valence-electron chi connectivity index (χ4n) is 1.96. The highest BCUT2D eigenvalue weighted by Gasteiger charge is 2.07. The van der Waals surface area contributed by atoms with Gasteiger partial charge < -0.3 is 9.30 Å². The molecule has 2 rings (SSSR count). The zero-order chi connectivity index (χ0) is 13.7. The van der Waals surface area contributed by atoms with Gasteiger partial charge in [-0.05, 0) is 42.7 Å². The lowest BCUT2D eigenvalue weighted by molar-refractivity contribution is 0.415. The number of nitriles is 1. The zero-order valence-electron chi connectivity index (χ0n) is 11.0. The van der Waals surface area contributed by atoms with Crippen molar-refractivity contribution < 1.29 is 4.74 Å². The molecule has 96 valence electrons. The molecule has 1 aromatic heterocycles. The SMILES string of the molecule is C=CCCc1cn(-c2ccc(OC)cc2)cc1C#N. The average molecular weight is 252 g/mol. The largest absolute Gasteiger partial charge is 0.497 e. The molecule has 1 aromatic carbocycles. The minimum atomic E-state index is 0.720. The molecule has 0 aliphatic carbocycles. The Morgan fingerprint density at radius 1 is 1.32 bits per heavy atom. The van der Waals surface area contributed by atoms with E-state index in [1.807, 2.05) is 47.3 Å². The Kier molecular flexibility index (Phi) is 4.04. The highest BCUT2D eigenvalue weighted by molar-refractivity contribution is 5.44. The van der Waals surface area contributed by atoms with E-state index in [0.717, 1.165) is 35.4 Å². The maximum atomic E-state index is 9.15. The number of aryl methyl sites for hydroxylation is 1. The van der Waals surface area contributed by atoms with Gasteiger partial charge in [-0.3, -0.25) is 0 Å². The van der Waals surface area contributed by atoms with Crippen LogP contribution in [0.3, 0.4) is 0 Å². The van der Waals surface area contributed by atoms with Crippen LogP contribution in [-0.4, -0.2) is 11.7 Å². The third kappa shape index (κ3) is 2.86. The van der Waals surface area contributed by atoms with E-state index in [4.69, 9.17) is 10.00 Å². The number of nitrogens with zero attached hydrogens (tertiary/aromatic N) is 2. The summed E-state index contributed by atoms with van der Waals surface area (Å²) in [6.07, 6.45) is 7.45. The second-order valence-electron chi connectivity index (χ2n) is 4.24. The van der Waals surface area contributed by atoms with Crippen molar-refractivity contribution in [2.75, 3.05) is 7.11 Å². The van der Waals surface area contributed by atoms with Crippen molar-refractivity contribution in [2.45, 2.75) is 12.8 Å². The summed E-state index contributed by atoms with van der Waals surface area (Å²) in [5, 5.41) is 9.15. The summed E-state index contributed by atoms with van der Waals surface area (Å²) in [4.78, 5) is 0. The van der Waals surface area contributed by atoms with Crippen LogP contribution in [0.1, 0.15) is 17.5 Å². The first-order valence-electron chi connectivity index (χ1n) is 6.14. The maximum absolute atomic E-state index is 9.15. The third-order valence-electron chi connectivity index (χ3n) is 3.02. The molecule has 0 radical (unpaired) electrons. The summed E-state index contributed by atoms with van der Waals surface area (Å²) in [6, 6.07) is 9.99. The lowest BCUT2D eigenvalue weighted by atomic mass is 10.1. The normalized spacial score (nSPS) is 9.89. The van der Waals surface area contributed by atoms with Crippen LogP contribution < -0.4 is 4.74 Å². The summed E-state index contributed by atoms with van der Waals surface area (Å²) in [5.41, 5.74) is 2.79. The molecule has 0 unspecified atom stereocenters. The molecule has 2 aromatic rings. The van der Waals surface area contributed by atoms with Crippen molar-refractivity contribution in [3.05, 3.63) is 60.4 Å². The Bertz CT molecular complexity index is 603. The van der Waals surface area contributed by atoms with E-state index in [-0.39, 0.29) is 0 Å². The summed E-state index contributed by atoms with van der Waals surface area (Å²) in [7, 11) is 1.64. The second-order valence-corrected chi connectivity index (χ2v) is 4.24. The van der Waals surface area contributed by atoms with Gasteiger partial charge >= 0.3 is 0 Å². The molecule has 0 amide bonds. The fourth-order valence-corrected chi connectivity index (χ4v) is 1.96. The summed E-state index contributed by atoms with van der Waals surface area (Å²) >= 11 is 0. The van der Waals surface area contributed by atoms with Gasteiger partial charge in [0.15, 0.2) is 0 Å². The van der Waals surface area contributed by atoms with E-state index in [2.05, 4.69) is 12.6 Å². The first kappa shape index (κ1) is 13.0. The van der Waals surface area contributed by atoms with Crippen molar-refractivity contribution >= 4 is 0 Å². The number of rotatable bonds is 5. The summed E-state index contributed by atoms with van der Waals surface area (Å²) in [6.45, 7) is 3.71. The lowest BCUT2D eigenvalue weighted by Crippen LogP contribution is -1.90. The Labute approximate surface area is 113 Å². The molecular formula is C16H16N2O. The zero-order valence-corrected chi connectivity index (χ0v) is 11.0. The number of hydrogen-bond acceptors (Lipinski definition) is 2. The highest BCUT2D eigenvalue weighted by Crippen LogP contribution is 2.19. The van der Waals surface area contributed by atoms with E-state index >= 15 is 0 Å². The molecule has 0 N–H and O–H groups in total. The molecular weight excluding hydrogens is 236 g/mol. The number of ether oxygens (including phenoxy) is 1. The van der Waals surface area contributed by atoms with Gasteiger partial charge in [0.1, 0.15) is 11.8 Å². The quantitative estimate of drug-likeness (QED) is 0.764. The van der Waals surface area contributed by atoms with Crippen molar-refractivity contribution in [2.24, 2.45) is 0 Å². The molecule has 0 bridgehead atoms. The van der Waals surface area contributed by atoms with Gasteiger partial charge in [0, 0.05) is 18.1 Å². The molecule has 0 aliphatic heterocycles. The Morgan fingerprint density at radius 3 is 2.63 bits per heavy atom. The fraction of sp³-hybridized carbons (Fsp3) is 0.188. The van der Waals surface area contributed by atoms with Gasteiger partial charge in [0.05, 0.1) is 12.7 Å². The first-order chi connectivity index (χ1) is 9.28. The number of benzene rings is 1. The van der Waals surface area contributed by atoms with E-state index in [0.29, 0.717) is 0 Å². The van der Waals surface area contributed by atoms with Crippen molar-refractivity contribution in [3.8, 4) is 17.5 Å². The molecule has 3 heteroatoms. The van der Waals surface area contributed by atoms with Crippen LogP contribution in [0.2, 0.25) is 0 Å². The van der Waals surface area contributed by atoms with Gasteiger partial charge in [0.2, 0.25) is 0 Å². The van der Waals surface area contributed by atoms with E-state index < -0.39 is 0 Å². The molecule has 0 saturated heterocycles. The third-order valence-corrected chi connectivity index (χ3v) is 3.02. The van der Waals surface area contributed by atoms with Crippen LogP contribution in [0, 0.1) is 11.3 Å². The van der Waals surface area contributed by atoms with Crippen molar-refractivity contribution in [1.29, 1.82) is 5.26 Å². The van der Waals surface area contributed by atoms with E-state index in [1.54, 1.807) is 7.11 Å². The molecule has 1 heterocycles. The molecule has 0 fully saturated rings. The van der Waals surface area contributed by atoms with Crippen LogP contribution in [-0.2, 0) is 6.42 Å². The first-order valence-corrected chi connectivity index (χ1v) is 6.14. The minimum Gasteiger partial charge on any atom is -0.497 e. The van der Waals surface area contributed by atoms with Gasteiger partial charge in [-0.1, -0.05) is 6.08 Å². The number of methoxy groups -OCH3 is 1. The lowest BCUT2D eigenvalue weighted by Gasteiger charge is -2.04. The van der Waals surface area contributed by atoms with Crippen LogP contribution in [0.5, 0.6) is 5.75 Å². The Hall–Kier alpha value is -2.47. The van der Waals surface area contributed by atoms with Gasteiger partial charge in [-0.15, -0.1) is 6.58 Å². The van der Waals surface area contributed by atoms with Crippen molar-refractivity contribution in [1.82, 2.24) is 4.57 Å². The second kappa shape index (κ2) is 5.92. The smallest absolute Gasteiger partial charge is 0.119 e. The molecule has 0 atom stereocenters. The Morgan fingerprint density at radius 2 is 2.05 bits per heavy atom. The molecule has 0 saturated carbocycles. The summed E-state index contributed by atoms with van der Waals surface area (Å²) in [5.74, 6) is 0.822. The molecule has 19 heavy (non-hydrogen) atoms. The van der Waals surface area contributed by atoms with E-state index in [9.17, 15) is 0 Å². The van der Waals surface area contributed by atoms with Crippen LogP contribution >= 0.6 is 0 Å². The molecule has 0 aliphatic rings. The molecule has 3 nitrogen and oxygen atoms in total. The topological polar surface area (TPSA) is 38.0 Å². The van der Waals surface area contributed by atoms with Gasteiger partial charge in [-0.2, -0.15) is 5.26 Å². The average Bonchev–Trinajstić information content (AvgIpc) is 2.88. The highest BCUT2D eigenvalue weighted by atomic mass is 16.5. The predicted octanol–water partition coefficient (Wildman–Crippen LogP) is 3.48. The number of aromatic nitrogens is 1. The maximum Gasteiger partial charge on any atom is 0.119 e. The van der Waals surface area contributed by atoms with Gasteiger partial charge in [0.25, 0.3) is 0 Å². The van der Waals surface area contributed by atoms with Crippen LogP contribution in [0.25, 0.3) is 5.69 Å². The monoisotopic (exact) mass is 252 g/mol. The number of hydrogen-bond donors (Lipinski definition) is 0. The standard InChI is InChI=1S/C16H16N2O/c1-3-4-5-13-11-18(12-14(13)10-17)15-6-8-16(19-2)9-7-15/h3,6-9,11-12H,1,4-5H2,2H3. The number of allylic oxidation sites excluding steroid dienone is 1. The van der Waals surface area contributed by atoms with Gasteiger partial charge in [-0.25, -0.2) is 0 Å².